The number of ether oxygens (including phenoxy) is 2. The first kappa shape index (κ1) is 15.8. The van der Waals surface area contributed by atoms with Crippen LogP contribution in [0.5, 0.6) is 11.5 Å². The first-order valence-corrected chi connectivity index (χ1v) is 7.65. The number of hydrogen-bond acceptors (Lipinski definition) is 3. The molecule has 0 saturated carbocycles. The van der Waals surface area contributed by atoms with Crippen molar-refractivity contribution >= 4 is 17.6 Å². The van der Waals surface area contributed by atoms with Crippen LogP contribution in [0.1, 0.15) is 18.9 Å². The maximum absolute atomic E-state index is 6.22. The molecule has 6 heteroatoms. The van der Waals surface area contributed by atoms with Crippen molar-refractivity contribution in [3.8, 4) is 11.5 Å². The van der Waals surface area contributed by atoms with E-state index in [1.165, 1.54) is 0 Å². The second kappa shape index (κ2) is 7.98. The van der Waals surface area contributed by atoms with Crippen LogP contribution in [0.15, 0.2) is 17.1 Å². The van der Waals surface area contributed by atoms with Gasteiger partial charge in [-0.2, -0.15) is 0 Å². The molecule has 1 aliphatic heterocycles. The molecule has 21 heavy (non-hydrogen) atoms. The zero-order chi connectivity index (χ0) is 15.1. The molecular weight excluding hydrogens is 290 g/mol. The minimum atomic E-state index is 0.549. The van der Waals surface area contributed by atoms with Crippen LogP contribution < -0.4 is 20.1 Å². The van der Waals surface area contributed by atoms with Gasteiger partial charge in [-0.3, -0.25) is 4.99 Å². The summed E-state index contributed by atoms with van der Waals surface area (Å²) in [6, 6.07) is 3.92. The zero-order valence-electron chi connectivity index (χ0n) is 12.5. The number of guanidine groups is 1. The molecule has 1 aromatic carbocycles. The molecule has 0 aromatic heterocycles. The molecule has 2 N–H and O–H groups in total. The summed E-state index contributed by atoms with van der Waals surface area (Å²) in [5.41, 5.74) is 1.11. The van der Waals surface area contributed by atoms with E-state index in [0.29, 0.717) is 24.0 Å². The second-order valence-electron chi connectivity index (χ2n) is 4.78. The van der Waals surface area contributed by atoms with Crippen molar-refractivity contribution in [2.24, 2.45) is 4.99 Å². The second-order valence-corrected chi connectivity index (χ2v) is 5.18. The molecule has 0 radical (unpaired) electrons. The number of nitrogens with zero attached hydrogens (tertiary/aromatic N) is 1. The number of hydrogen-bond donors (Lipinski definition) is 2. The van der Waals surface area contributed by atoms with Crippen molar-refractivity contribution in [1.29, 1.82) is 0 Å². The lowest BCUT2D eigenvalue weighted by Gasteiger charge is -2.20. The first-order chi connectivity index (χ1) is 10.2. The number of benzene rings is 1. The van der Waals surface area contributed by atoms with Crippen molar-refractivity contribution in [3.63, 3.8) is 0 Å². The van der Waals surface area contributed by atoms with Gasteiger partial charge in [-0.05, 0) is 30.5 Å². The highest BCUT2D eigenvalue weighted by molar-refractivity contribution is 6.32. The number of aliphatic imine (C=N–C) groups is 1. The zero-order valence-corrected chi connectivity index (χ0v) is 13.3. The van der Waals surface area contributed by atoms with Gasteiger partial charge in [0.2, 0.25) is 0 Å². The average molecular weight is 312 g/mol. The fourth-order valence-corrected chi connectivity index (χ4v) is 2.39. The van der Waals surface area contributed by atoms with E-state index in [9.17, 15) is 0 Å². The normalized spacial score (nSPS) is 14.0. The summed E-state index contributed by atoms with van der Waals surface area (Å²) in [5.74, 6) is 2.21. The highest BCUT2D eigenvalue weighted by Crippen LogP contribution is 2.38. The van der Waals surface area contributed by atoms with E-state index in [2.05, 4.69) is 22.5 Å². The summed E-state index contributed by atoms with van der Waals surface area (Å²) >= 11 is 6.22. The summed E-state index contributed by atoms with van der Waals surface area (Å²) in [5, 5.41) is 7.12. The molecule has 2 rings (SSSR count). The SMILES string of the molecule is CCCNC(=NC)NCCc1cc(Cl)c2c(c1)OCCO2. The van der Waals surface area contributed by atoms with Gasteiger partial charge < -0.3 is 20.1 Å². The first-order valence-electron chi connectivity index (χ1n) is 7.27. The van der Waals surface area contributed by atoms with E-state index in [1.807, 2.05) is 12.1 Å². The van der Waals surface area contributed by atoms with Crippen LogP contribution in [0.2, 0.25) is 5.02 Å². The molecule has 0 bridgehead atoms. The van der Waals surface area contributed by atoms with E-state index >= 15 is 0 Å². The monoisotopic (exact) mass is 311 g/mol. The molecule has 5 nitrogen and oxygen atoms in total. The van der Waals surface area contributed by atoms with Crippen LogP contribution in [0.25, 0.3) is 0 Å². The van der Waals surface area contributed by atoms with E-state index in [4.69, 9.17) is 21.1 Å². The van der Waals surface area contributed by atoms with Crippen molar-refractivity contribution < 1.29 is 9.47 Å². The fraction of sp³-hybridized carbons (Fsp3) is 0.533. The summed E-state index contributed by atoms with van der Waals surface area (Å²) in [6.45, 7) is 4.93. The molecule has 116 valence electrons. The maximum Gasteiger partial charge on any atom is 0.190 e. The van der Waals surface area contributed by atoms with Gasteiger partial charge in [-0.25, -0.2) is 0 Å². The van der Waals surface area contributed by atoms with Crippen molar-refractivity contribution in [3.05, 3.63) is 22.7 Å². The molecule has 0 amide bonds. The van der Waals surface area contributed by atoms with Gasteiger partial charge in [0, 0.05) is 20.1 Å². The van der Waals surface area contributed by atoms with Gasteiger partial charge in [-0.1, -0.05) is 18.5 Å². The highest BCUT2D eigenvalue weighted by atomic mass is 35.5. The lowest BCUT2D eigenvalue weighted by atomic mass is 10.1. The molecule has 1 heterocycles. The molecule has 0 aliphatic carbocycles. The van der Waals surface area contributed by atoms with Gasteiger partial charge in [0.05, 0.1) is 5.02 Å². The van der Waals surface area contributed by atoms with Crippen LogP contribution in [0, 0.1) is 0 Å². The predicted molar refractivity (Wildman–Crippen MR) is 85.8 cm³/mol. The lowest BCUT2D eigenvalue weighted by Crippen LogP contribution is -2.38. The minimum Gasteiger partial charge on any atom is -0.486 e. The van der Waals surface area contributed by atoms with Crippen molar-refractivity contribution in [2.75, 3.05) is 33.4 Å². The number of halogens is 1. The van der Waals surface area contributed by atoms with Crippen LogP contribution >= 0.6 is 11.6 Å². The van der Waals surface area contributed by atoms with Gasteiger partial charge >= 0.3 is 0 Å². The van der Waals surface area contributed by atoms with Crippen LogP contribution in [0.4, 0.5) is 0 Å². The van der Waals surface area contributed by atoms with Gasteiger partial charge in [-0.15, -0.1) is 0 Å². The Morgan fingerprint density at radius 3 is 2.76 bits per heavy atom. The van der Waals surface area contributed by atoms with Crippen LogP contribution in [-0.2, 0) is 6.42 Å². The van der Waals surface area contributed by atoms with Gasteiger partial charge in [0.15, 0.2) is 17.5 Å². The molecule has 0 atom stereocenters. The Kier molecular flexibility index (Phi) is 5.99. The summed E-state index contributed by atoms with van der Waals surface area (Å²) in [6.07, 6.45) is 1.90. The number of fused-ring (bicyclic) bond motifs is 1. The summed E-state index contributed by atoms with van der Waals surface area (Å²) in [4.78, 5) is 4.17. The average Bonchev–Trinajstić information content (AvgIpc) is 2.51. The van der Waals surface area contributed by atoms with Crippen molar-refractivity contribution in [2.45, 2.75) is 19.8 Å². The minimum absolute atomic E-state index is 0.549. The van der Waals surface area contributed by atoms with E-state index < -0.39 is 0 Å². The Morgan fingerprint density at radius 2 is 2.00 bits per heavy atom. The van der Waals surface area contributed by atoms with Crippen molar-refractivity contribution in [1.82, 2.24) is 10.6 Å². The molecule has 0 fully saturated rings. The van der Waals surface area contributed by atoms with Crippen LogP contribution in [-0.4, -0.2) is 39.3 Å². The van der Waals surface area contributed by atoms with E-state index in [0.717, 1.165) is 43.2 Å². The summed E-state index contributed by atoms with van der Waals surface area (Å²) < 4.78 is 11.1. The third kappa shape index (κ3) is 4.43. The molecular formula is C15H22ClN3O2. The highest BCUT2D eigenvalue weighted by Gasteiger charge is 2.16. The van der Waals surface area contributed by atoms with E-state index in [1.54, 1.807) is 7.05 Å². The fourth-order valence-electron chi connectivity index (χ4n) is 2.10. The largest absolute Gasteiger partial charge is 0.486 e. The smallest absolute Gasteiger partial charge is 0.190 e. The molecule has 0 saturated heterocycles. The molecule has 0 spiro atoms. The standard InChI is InChI=1S/C15H22ClN3O2/c1-3-5-18-15(17-2)19-6-4-11-9-12(16)14-13(10-11)20-7-8-21-14/h9-10H,3-8H2,1-2H3,(H2,17,18,19). The maximum atomic E-state index is 6.22. The van der Waals surface area contributed by atoms with E-state index in [-0.39, 0.29) is 0 Å². The topological polar surface area (TPSA) is 54.9 Å². The van der Waals surface area contributed by atoms with Gasteiger partial charge in [0.1, 0.15) is 13.2 Å². The number of nitrogens with one attached hydrogen (secondary N) is 2. The summed E-state index contributed by atoms with van der Waals surface area (Å²) in [7, 11) is 1.77. The number of rotatable bonds is 5. The molecule has 0 unspecified atom stereocenters. The van der Waals surface area contributed by atoms with Gasteiger partial charge in [0.25, 0.3) is 0 Å². The Hall–Kier alpha value is -1.62. The predicted octanol–water partition coefficient (Wildman–Crippen LogP) is 2.23. The Balaban J connectivity index is 1.90. The lowest BCUT2D eigenvalue weighted by molar-refractivity contribution is 0.171. The molecule has 1 aliphatic rings. The third-order valence-electron chi connectivity index (χ3n) is 3.13. The Labute approximate surface area is 130 Å². The molecule has 1 aromatic rings. The Morgan fingerprint density at radius 1 is 1.24 bits per heavy atom. The van der Waals surface area contributed by atoms with Crippen LogP contribution in [0.3, 0.4) is 0 Å². The quantitative estimate of drug-likeness (QED) is 0.647. The third-order valence-corrected chi connectivity index (χ3v) is 3.41. The Bertz CT molecular complexity index is 506.